The Morgan fingerprint density at radius 2 is 2.00 bits per heavy atom. The molecule has 0 spiro atoms. The summed E-state index contributed by atoms with van der Waals surface area (Å²) < 4.78 is 51.9. The number of hydrogen-bond acceptors (Lipinski definition) is 4. The Hall–Kier alpha value is -0.550. The molecular weight excluding hydrogens is 200 g/mol. The van der Waals surface area contributed by atoms with Crippen LogP contribution in [0.15, 0.2) is 0 Å². The summed E-state index contributed by atoms with van der Waals surface area (Å²) in [6.45, 7) is -0.766. The van der Waals surface area contributed by atoms with Gasteiger partial charge in [-0.25, -0.2) is 4.57 Å². The highest BCUT2D eigenvalue weighted by atomic mass is 31.1. The molecule has 8 heteroatoms. The Morgan fingerprint density at radius 1 is 1.50 bits per heavy atom. The van der Waals surface area contributed by atoms with Crippen molar-refractivity contribution in [3.63, 3.8) is 0 Å². The lowest BCUT2D eigenvalue weighted by Crippen LogP contribution is -2.14. The molecule has 0 rings (SSSR count). The fraction of sp³-hybridized carbons (Fsp3) is 0.750. The van der Waals surface area contributed by atoms with Gasteiger partial charge in [-0.1, -0.05) is 0 Å². The van der Waals surface area contributed by atoms with Gasteiger partial charge >= 0.3 is 20.4 Å². The van der Waals surface area contributed by atoms with E-state index in [0.29, 0.717) is 0 Å². The lowest BCUT2D eigenvalue weighted by atomic mass is 10.7. The van der Waals surface area contributed by atoms with Crippen molar-refractivity contribution in [1.29, 1.82) is 0 Å². The minimum absolute atomic E-state index is 0.916. The predicted octanol–water partition coefficient (Wildman–Crippen LogP) is 1.52. The minimum atomic E-state index is -4.57. The SMILES string of the molecule is CC(=O)O[PH](=O)OCC(F)(F)F. The summed E-state index contributed by atoms with van der Waals surface area (Å²) in [4.78, 5) is 10.0. The smallest absolute Gasteiger partial charge is 0.394 e. The van der Waals surface area contributed by atoms with Gasteiger partial charge in [0.1, 0.15) is 0 Å². The zero-order valence-corrected chi connectivity index (χ0v) is 6.97. The fourth-order valence-corrected chi connectivity index (χ4v) is 0.863. The molecular formula is C4H6F3O4P. The van der Waals surface area contributed by atoms with Crippen molar-refractivity contribution in [3.05, 3.63) is 0 Å². The van der Waals surface area contributed by atoms with Crippen molar-refractivity contribution in [3.8, 4) is 0 Å². The van der Waals surface area contributed by atoms with Gasteiger partial charge in [0, 0.05) is 6.92 Å². The Kier molecular flexibility index (Phi) is 4.26. The van der Waals surface area contributed by atoms with Crippen LogP contribution < -0.4 is 0 Å². The maximum Gasteiger partial charge on any atom is 0.412 e. The van der Waals surface area contributed by atoms with Crippen LogP contribution in [-0.4, -0.2) is 18.8 Å². The third-order valence-corrected chi connectivity index (χ3v) is 1.41. The first-order chi connectivity index (χ1) is 5.31. The van der Waals surface area contributed by atoms with Gasteiger partial charge in [0.25, 0.3) is 0 Å². The quantitative estimate of drug-likeness (QED) is 0.657. The molecule has 0 amide bonds. The van der Waals surface area contributed by atoms with Gasteiger partial charge in [0.15, 0.2) is 6.61 Å². The van der Waals surface area contributed by atoms with Gasteiger partial charge in [0.05, 0.1) is 0 Å². The molecule has 0 N–H and O–H groups in total. The molecule has 72 valence electrons. The van der Waals surface area contributed by atoms with Gasteiger partial charge in [-0.3, -0.25) is 9.32 Å². The monoisotopic (exact) mass is 206 g/mol. The Labute approximate surface area is 66.6 Å². The lowest BCUT2D eigenvalue weighted by Gasteiger charge is -2.06. The number of carbonyl (C=O) groups is 1. The molecule has 1 unspecified atom stereocenters. The highest BCUT2D eigenvalue weighted by Crippen LogP contribution is 2.27. The van der Waals surface area contributed by atoms with E-state index < -0.39 is 27.0 Å². The van der Waals surface area contributed by atoms with E-state index in [0.717, 1.165) is 6.92 Å². The van der Waals surface area contributed by atoms with Gasteiger partial charge < -0.3 is 4.52 Å². The maximum absolute atomic E-state index is 11.4. The van der Waals surface area contributed by atoms with Gasteiger partial charge in [-0.05, 0) is 0 Å². The summed E-state index contributed by atoms with van der Waals surface area (Å²) in [5, 5.41) is 0. The van der Waals surface area contributed by atoms with E-state index >= 15 is 0 Å². The zero-order chi connectivity index (χ0) is 9.78. The van der Waals surface area contributed by atoms with Crippen molar-refractivity contribution >= 4 is 14.2 Å². The highest BCUT2D eigenvalue weighted by Gasteiger charge is 2.29. The van der Waals surface area contributed by atoms with Crippen LogP contribution in [0.5, 0.6) is 0 Å². The van der Waals surface area contributed by atoms with Crippen molar-refractivity contribution in [2.24, 2.45) is 0 Å². The molecule has 0 aromatic carbocycles. The van der Waals surface area contributed by atoms with Crippen LogP contribution in [0.2, 0.25) is 0 Å². The Balaban J connectivity index is 3.65. The molecule has 0 aliphatic heterocycles. The number of hydrogen-bond donors (Lipinski definition) is 0. The Morgan fingerprint density at radius 3 is 2.33 bits per heavy atom. The third-order valence-electron chi connectivity index (χ3n) is 0.581. The van der Waals surface area contributed by atoms with Crippen LogP contribution in [0.25, 0.3) is 0 Å². The van der Waals surface area contributed by atoms with E-state index in [4.69, 9.17) is 0 Å². The minimum Gasteiger partial charge on any atom is -0.394 e. The third kappa shape index (κ3) is 7.56. The number of halogens is 3. The predicted molar refractivity (Wildman–Crippen MR) is 32.8 cm³/mol. The van der Waals surface area contributed by atoms with Crippen LogP contribution in [0.4, 0.5) is 13.2 Å². The molecule has 1 atom stereocenters. The molecule has 0 aromatic heterocycles. The zero-order valence-electron chi connectivity index (χ0n) is 5.97. The first-order valence-electron chi connectivity index (χ1n) is 2.73. The first kappa shape index (κ1) is 11.4. The molecule has 0 aliphatic rings. The van der Waals surface area contributed by atoms with Gasteiger partial charge in [-0.2, -0.15) is 13.2 Å². The fourth-order valence-electron chi connectivity index (χ4n) is 0.288. The molecule has 0 saturated carbocycles. The van der Waals surface area contributed by atoms with Gasteiger partial charge in [-0.15, -0.1) is 0 Å². The molecule has 0 heterocycles. The summed E-state index contributed by atoms with van der Waals surface area (Å²) in [6.07, 6.45) is -4.57. The molecule has 0 bridgehead atoms. The molecule has 12 heavy (non-hydrogen) atoms. The molecule has 0 fully saturated rings. The van der Waals surface area contributed by atoms with E-state index in [1.807, 2.05) is 0 Å². The summed E-state index contributed by atoms with van der Waals surface area (Å²) in [5.41, 5.74) is 0. The van der Waals surface area contributed by atoms with E-state index in [1.54, 1.807) is 0 Å². The second-order valence-electron chi connectivity index (χ2n) is 1.75. The Bertz CT molecular complexity index is 189. The summed E-state index contributed by atoms with van der Waals surface area (Å²) in [5.74, 6) is -0.943. The number of carbonyl (C=O) groups excluding carboxylic acids is 1. The lowest BCUT2D eigenvalue weighted by molar-refractivity contribution is -0.155. The van der Waals surface area contributed by atoms with E-state index in [2.05, 4.69) is 9.05 Å². The van der Waals surface area contributed by atoms with E-state index in [1.165, 1.54) is 0 Å². The van der Waals surface area contributed by atoms with Crippen LogP contribution >= 0.6 is 8.25 Å². The van der Waals surface area contributed by atoms with E-state index in [-0.39, 0.29) is 0 Å². The normalized spacial score (nSPS) is 14.0. The first-order valence-corrected chi connectivity index (χ1v) is 3.95. The van der Waals surface area contributed by atoms with Crippen LogP contribution in [0, 0.1) is 0 Å². The largest absolute Gasteiger partial charge is 0.412 e. The topological polar surface area (TPSA) is 52.6 Å². The van der Waals surface area contributed by atoms with Crippen LogP contribution in [0.3, 0.4) is 0 Å². The summed E-state index contributed by atoms with van der Waals surface area (Å²) in [7, 11) is -3.34. The second kappa shape index (κ2) is 4.47. The van der Waals surface area contributed by atoms with E-state index in [9.17, 15) is 22.5 Å². The van der Waals surface area contributed by atoms with Crippen molar-refractivity contribution in [2.45, 2.75) is 13.1 Å². The molecule has 0 aliphatic carbocycles. The van der Waals surface area contributed by atoms with Crippen LogP contribution in [-0.2, 0) is 18.4 Å². The summed E-state index contributed by atoms with van der Waals surface area (Å²) in [6, 6.07) is 0. The maximum atomic E-state index is 11.4. The summed E-state index contributed by atoms with van der Waals surface area (Å²) >= 11 is 0. The van der Waals surface area contributed by atoms with Gasteiger partial charge in [0.2, 0.25) is 0 Å². The molecule has 0 radical (unpaired) electrons. The van der Waals surface area contributed by atoms with Crippen molar-refractivity contribution in [2.75, 3.05) is 6.61 Å². The molecule has 0 aromatic rings. The highest BCUT2D eigenvalue weighted by molar-refractivity contribution is 7.34. The molecule has 4 nitrogen and oxygen atoms in total. The molecule has 0 saturated heterocycles. The van der Waals surface area contributed by atoms with Crippen molar-refractivity contribution in [1.82, 2.24) is 0 Å². The standard InChI is InChI=1S/C4H6F3O4P/c1-3(8)11-12(9)10-2-4(5,6)7/h12H,2H2,1H3. The average Bonchev–Trinajstić information content (AvgIpc) is 1.80. The second-order valence-corrected chi connectivity index (χ2v) is 2.74. The number of alkyl halides is 3. The number of rotatable bonds is 3. The van der Waals surface area contributed by atoms with Crippen molar-refractivity contribution < 1.29 is 31.6 Å². The average molecular weight is 206 g/mol. The van der Waals surface area contributed by atoms with Crippen LogP contribution in [0.1, 0.15) is 6.92 Å².